The molecule has 1 saturated heterocycles. The van der Waals surface area contributed by atoms with Gasteiger partial charge in [-0.05, 0) is 40.0 Å². The Bertz CT molecular complexity index is 400. The fourth-order valence-electron chi connectivity index (χ4n) is 2.44. The molecular formula is C13H21NO3S. The second-order valence-corrected chi connectivity index (χ2v) is 8.00. The second-order valence-electron chi connectivity index (χ2n) is 6.00. The van der Waals surface area contributed by atoms with E-state index >= 15 is 0 Å². The zero-order valence-corrected chi connectivity index (χ0v) is 12.0. The van der Waals surface area contributed by atoms with Crippen molar-refractivity contribution in [3.8, 4) is 0 Å². The molecule has 1 aliphatic heterocycles. The molecule has 18 heavy (non-hydrogen) atoms. The highest BCUT2D eigenvalue weighted by atomic mass is 32.2. The van der Waals surface area contributed by atoms with Gasteiger partial charge >= 0.3 is 5.97 Å². The molecular weight excluding hydrogens is 250 g/mol. The SMILES string of the molecule is CC(C)(C)[S@@](=O)N[C@@H]1C=CC[C@]12CCCOC2=O. The average molecular weight is 271 g/mol. The molecule has 4 nitrogen and oxygen atoms in total. The van der Waals surface area contributed by atoms with Crippen LogP contribution >= 0.6 is 0 Å². The molecule has 1 fully saturated rings. The third-order valence-electron chi connectivity index (χ3n) is 3.60. The molecule has 102 valence electrons. The molecule has 0 aromatic carbocycles. The maximum absolute atomic E-state index is 12.2. The summed E-state index contributed by atoms with van der Waals surface area (Å²) in [6.45, 7) is 6.26. The normalized spacial score (nSPS) is 33.7. The fraction of sp³-hybridized carbons (Fsp3) is 0.769. The Labute approximate surface area is 111 Å². The number of nitrogens with one attached hydrogen (secondary N) is 1. The van der Waals surface area contributed by atoms with Gasteiger partial charge in [-0.2, -0.15) is 0 Å². The molecule has 1 N–H and O–H groups in total. The number of allylic oxidation sites excluding steroid dienone is 1. The Morgan fingerprint density at radius 2 is 2.22 bits per heavy atom. The van der Waals surface area contributed by atoms with Gasteiger partial charge in [0.05, 0.1) is 33.8 Å². The summed E-state index contributed by atoms with van der Waals surface area (Å²) in [4.78, 5) is 12.1. The van der Waals surface area contributed by atoms with Gasteiger partial charge in [-0.15, -0.1) is 0 Å². The molecule has 0 saturated carbocycles. The highest BCUT2D eigenvalue weighted by Crippen LogP contribution is 2.42. The van der Waals surface area contributed by atoms with Crippen molar-refractivity contribution in [3.63, 3.8) is 0 Å². The van der Waals surface area contributed by atoms with Gasteiger partial charge in [0, 0.05) is 0 Å². The Balaban J connectivity index is 2.14. The zero-order chi connectivity index (χ0) is 13.4. The van der Waals surface area contributed by atoms with E-state index in [4.69, 9.17) is 4.74 Å². The molecule has 0 radical (unpaired) electrons. The van der Waals surface area contributed by atoms with Crippen molar-refractivity contribution in [1.29, 1.82) is 0 Å². The minimum Gasteiger partial charge on any atom is -0.465 e. The number of esters is 1. The van der Waals surface area contributed by atoms with Crippen LogP contribution in [0.1, 0.15) is 40.0 Å². The van der Waals surface area contributed by atoms with Crippen molar-refractivity contribution in [2.75, 3.05) is 6.61 Å². The number of carbonyl (C=O) groups excluding carboxylic acids is 1. The molecule has 1 aliphatic carbocycles. The molecule has 0 aromatic rings. The lowest BCUT2D eigenvalue weighted by molar-refractivity contribution is -0.162. The third-order valence-corrected chi connectivity index (χ3v) is 5.18. The van der Waals surface area contributed by atoms with Crippen LogP contribution in [0.5, 0.6) is 0 Å². The Morgan fingerprint density at radius 3 is 2.83 bits per heavy atom. The van der Waals surface area contributed by atoms with Crippen molar-refractivity contribution < 1.29 is 13.7 Å². The average Bonchev–Trinajstić information content (AvgIpc) is 2.66. The first-order chi connectivity index (χ1) is 8.36. The summed E-state index contributed by atoms with van der Waals surface area (Å²) in [5.41, 5.74) is -0.529. The minimum absolute atomic E-state index is 0.151. The van der Waals surface area contributed by atoms with E-state index in [1.54, 1.807) is 0 Å². The summed E-state index contributed by atoms with van der Waals surface area (Å²) >= 11 is 0. The lowest BCUT2D eigenvalue weighted by atomic mass is 9.77. The molecule has 0 bridgehead atoms. The maximum Gasteiger partial charge on any atom is 0.314 e. The van der Waals surface area contributed by atoms with Crippen LogP contribution in [0.2, 0.25) is 0 Å². The summed E-state index contributed by atoms with van der Waals surface area (Å²) in [5, 5.41) is 0. The first kappa shape index (κ1) is 13.7. The van der Waals surface area contributed by atoms with E-state index in [-0.39, 0.29) is 16.8 Å². The van der Waals surface area contributed by atoms with Crippen molar-refractivity contribution in [2.45, 2.75) is 50.8 Å². The number of ether oxygens (including phenoxy) is 1. The lowest BCUT2D eigenvalue weighted by Gasteiger charge is -2.37. The summed E-state index contributed by atoms with van der Waals surface area (Å²) in [5.74, 6) is -0.151. The fourth-order valence-corrected chi connectivity index (χ4v) is 3.32. The molecule has 1 heterocycles. The van der Waals surface area contributed by atoms with E-state index in [9.17, 15) is 9.00 Å². The van der Waals surface area contributed by atoms with Crippen LogP contribution in [0.25, 0.3) is 0 Å². The first-order valence-corrected chi connectivity index (χ1v) is 7.53. The number of rotatable bonds is 2. The number of hydrogen-bond donors (Lipinski definition) is 1. The Morgan fingerprint density at radius 1 is 1.50 bits per heavy atom. The summed E-state index contributed by atoms with van der Waals surface area (Å²) in [6.07, 6.45) is 6.32. The van der Waals surface area contributed by atoms with E-state index in [0.29, 0.717) is 13.0 Å². The topological polar surface area (TPSA) is 55.4 Å². The van der Waals surface area contributed by atoms with E-state index in [1.807, 2.05) is 32.9 Å². The summed E-state index contributed by atoms with van der Waals surface area (Å²) in [6, 6.07) is -0.176. The van der Waals surface area contributed by atoms with Crippen LogP contribution in [0.3, 0.4) is 0 Å². The standard InChI is InChI=1S/C13H21NO3S/c1-12(2,3)18(16)14-10-6-4-7-13(10)8-5-9-17-11(13)15/h4,6,10,14H,5,7-9H2,1-3H3/t10-,13+,18-/m1/s1. The molecule has 2 rings (SSSR count). The van der Waals surface area contributed by atoms with E-state index in [1.165, 1.54) is 0 Å². The molecule has 0 amide bonds. The van der Waals surface area contributed by atoms with Crippen LogP contribution in [0, 0.1) is 5.41 Å². The summed E-state index contributed by atoms with van der Waals surface area (Å²) in [7, 11) is -1.18. The highest BCUT2D eigenvalue weighted by Gasteiger charge is 2.50. The van der Waals surface area contributed by atoms with Gasteiger partial charge < -0.3 is 4.74 Å². The molecule has 2 aliphatic rings. The largest absolute Gasteiger partial charge is 0.465 e. The third kappa shape index (κ3) is 2.38. The predicted octanol–water partition coefficient (Wildman–Crippen LogP) is 1.69. The Hall–Kier alpha value is -0.680. The van der Waals surface area contributed by atoms with Crippen LogP contribution in [-0.2, 0) is 20.5 Å². The van der Waals surface area contributed by atoms with Gasteiger partial charge in [0.15, 0.2) is 0 Å². The quantitative estimate of drug-likeness (QED) is 0.614. The summed E-state index contributed by atoms with van der Waals surface area (Å²) < 4.78 is 20.1. The highest BCUT2D eigenvalue weighted by molar-refractivity contribution is 7.84. The lowest BCUT2D eigenvalue weighted by Crippen LogP contribution is -2.52. The van der Waals surface area contributed by atoms with Crippen molar-refractivity contribution in [3.05, 3.63) is 12.2 Å². The van der Waals surface area contributed by atoms with Gasteiger partial charge in [0.2, 0.25) is 0 Å². The smallest absolute Gasteiger partial charge is 0.314 e. The van der Waals surface area contributed by atoms with Crippen LogP contribution < -0.4 is 4.72 Å². The number of hydrogen-bond acceptors (Lipinski definition) is 3. The van der Waals surface area contributed by atoms with Gasteiger partial charge in [-0.1, -0.05) is 12.2 Å². The predicted molar refractivity (Wildman–Crippen MR) is 71.2 cm³/mol. The number of carbonyl (C=O) groups is 1. The van der Waals surface area contributed by atoms with Gasteiger partial charge in [0.1, 0.15) is 0 Å². The first-order valence-electron chi connectivity index (χ1n) is 6.38. The molecule has 0 aromatic heterocycles. The van der Waals surface area contributed by atoms with E-state index in [2.05, 4.69) is 4.72 Å². The molecule has 5 heteroatoms. The van der Waals surface area contributed by atoms with Crippen LogP contribution in [0.4, 0.5) is 0 Å². The van der Waals surface area contributed by atoms with E-state index in [0.717, 1.165) is 12.8 Å². The molecule has 0 unspecified atom stereocenters. The minimum atomic E-state index is -1.18. The van der Waals surface area contributed by atoms with Gasteiger partial charge in [-0.25, -0.2) is 8.93 Å². The van der Waals surface area contributed by atoms with Crippen LogP contribution in [-0.4, -0.2) is 27.6 Å². The second kappa shape index (κ2) is 4.78. The van der Waals surface area contributed by atoms with Crippen molar-refractivity contribution >= 4 is 17.0 Å². The molecule has 3 atom stereocenters. The monoisotopic (exact) mass is 271 g/mol. The van der Waals surface area contributed by atoms with Gasteiger partial charge in [0.25, 0.3) is 0 Å². The van der Waals surface area contributed by atoms with Crippen molar-refractivity contribution in [1.82, 2.24) is 4.72 Å². The number of cyclic esters (lactones) is 1. The zero-order valence-electron chi connectivity index (χ0n) is 11.2. The Kier molecular flexibility index (Phi) is 3.65. The maximum atomic E-state index is 12.2. The van der Waals surface area contributed by atoms with E-state index < -0.39 is 16.4 Å². The van der Waals surface area contributed by atoms with Crippen LogP contribution in [0.15, 0.2) is 12.2 Å². The molecule has 1 spiro atoms. The van der Waals surface area contributed by atoms with Gasteiger partial charge in [-0.3, -0.25) is 4.79 Å². The van der Waals surface area contributed by atoms with Crippen molar-refractivity contribution in [2.24, 2.45) is 5.41 Å².